The van der Waals surface area contributed by atoms with Crippen molar-refractivity contribution in [2.75, 3.05) is 10.3 Å². The molecule has 4 amide bonds. The Bertz CT molecular complexity index is 2400. The molecular formula is C42H30Cl2FN3O5. The van der Waals surface area contributed by atoms with Crippen molar-refractivity contribution in [3.05, 3.63) is 148 Å². The highest BCUT2D eigenvalue weighted by Crippen LogP contribution is 2.65. The van der Waals surface area contributed by atoms with Crippen LogP contribution in [0.25, 0.3) is 10.8 Å². The monoisotopic (exact) mass is 745 g/mol. The van der Waals surface area contributed by atoms with Crippen LogP contribution >= 0.6 is 23.2 Å². The van der Waals surface area contributed by atoms with Gasteiger partial charge >= 0.3 is 0 Å². The van der Waals surface area contributed by atoms with Gasteiger partial charge in [0.2, 0.25) is 11.8 Å². The largest absolute Gasteiger partial charge is 0.507 e. The molecule has 0 spiro atoms. The van der Waals surface area contributed by atoms with Crippen molar-refractivity contribution in [1.82, 2.24) is 5.01 Å². The van der Waals surface area contributed by atoms with Crippen LogP contribution in [0.15, 0.2) is 121 Å². The molecule has 9 rings (SSSR count). The normalized spacial score (nSPS) is 26.4. The number of hydrogen-bond acceptors (Lipinski definition) is 6. The SMILES string of the molecule is O=C1[C@@H]2C[C@@H]3C(=CC[C@@H]4C(=O)N(c5ccc(Cl)cc5)C(=O)[C@@H]43)[C@H](c3ccc(O)c4ccccc34)[C@]2(c2ccc(Cl)cc2)C(=O)N1Nc1ccc(F)cc1. The van der Waals surface area contributed by atoms with Crippen LogP contribution in [0, 0.1) is 29.5 Å². The Morgan fingerprint density at radius 2 is 1.40 bits per heavy atom. The zero-order chi connectivity index (χ0) is 36.8. The molecule has 6 atom stereocenters. The number of carbonyl (C=O) groups excluding carboxylic acids is 4. The Morgan fingerprint density at radius 1 is 0.736 bits per heavy atom. The molecule has 0 unspecified atom stereocenters. The molecule has 3 fully saturated rings. The third-order valence-electron chi connectivity index (χ3n) is 11.6. The van der Waals surface area contributed by atoms with Gasteiger partial charge in [-0.2, -0.15) is 5.01 Å². The minimum absolute atomic E-state index is 0.0510. The average Bonchev–Trinajstić information content (AvgIpc) is 3.54. The van der Waals surface area contributed by atoms with Gasteiger partial charge in [-0.1, -0.05) is 77.3 Å². The Hall–Kier alpha value is -5.51. The summed E-state index contributed by atoms with van der Waals surface area (Å²) < 4.78 is 13.9. The van der Waals surface area contributed by atoms with Crippen LogP contribution in [0.1, 0.15) is 29.9 Å². The predicted octanol–water partition coefficient (Wildman–Crippen LogP) is 8.18. The summed E-state index contributed by atoms with van der Waals surface area (Å²) in [7, 11) is 0. The Labute approximate surface area is 313 Å². The number of carbonyl (C=O) groups is 4. The van der Waals surface area contributed by atoms with Crippen molar-refractivity contribution < 1.29 is 28.7 Å². The molecule has 0 aromatic heterocycles. The zero-order valence-corrected chi connectivity index (χ0v) is 29.4. The number of imide groups is 2. The van der Waals surface area contributed by atoms with Crippen molar-refractivity contribution in [3.63, 3.8) is 0 Å². The molecule has 264 valence electrons. The number of hydrazine groups is 1. The number of hydrogen-bond donors (Lipinski definition) is 2. The highest BCUT2D eigenvalue weighted by atomic mass is 35.5. The summed E-state index contributed by atoms with van der Waals surface area (Å²) in [4.78, 5) is 60.1. The van der Waals surface area contributed by atoms with Crippen molar-refractivity contribution in [3.8, 4) is 5.75 Å². The molecule has 2 aliphatic carbocycles. The van der Waals surface area contributed by atoms with Gasteiger partial charge in [-0.3, -0.25) is 29.5 Å². The van der Waals surface area contributed by atoms with Crippen molar-refractivity contribution >= 4 is 69.0 Å². The van der Waals surface area contributed by atoms with Crippen LogP contribution in [0.5, 0.6) is 5.75 Å². The summed E-state index contributed by atoms with van der Waals surface area (Å²) in [5.74, 6) is -6.05. The predicted molar refractivity (Wildman–Crippen MR) is 199 cm³/mol. The van der Waals surface area contributed by atoms with E-state index in [0.29, 0.717) is 43.3 Å². The molecule has 2 heterocycles. The van der Waals surface area contributed by atoms with Gasteiger partial charge in [0.05, 0.1) is 34.5 Å². The van der Waals surface area contributed by atoms with Gasteiger partial charge in [0.1, 0.15) is 11.6 Å². The second-order valence-electron chi connectivity index (χ2n) is 14.1. The number of aromatic hydroxyl groups is 1. The molecular weight excluding hydrogens is 716 g/mol. The van der Waals surface area contributed by atoms with Gasteiger partial charge in [0.15, 0.2) is 0 Å². The molecule has 5 aromatic rings. The number of nitrogens with zero attached hydrogens (tertiary/aromatic N) is 2. The zero-order valence-electron chi connectivity index (χ0n) is 27.9. The minimum Gasteiger partial charge on any atom is -0.507 e. The first kappa shape index (κ1) is 33.3. The molecule has 53 heavy (non-hydrogen) atoms. The van der Waals surface area contributed by atoms with Gasteiger partial charge in [0.25, 0.3) is 11.8 Å². The van der Waals surface area contributed by atoms with Crippen LogP contribution < -0.4 is 10.3 Å². The lowest BCUT2D eigenvalue weighted by Gasteiger charge is -2.51. The number of fused-ring (bicyclic) bond motifs is 5. The molecule has 11 heteroatoms. The first-order chi connectivity index (χ1) is 25.6. The van der Waals surface area contributed by atoms with Crippen molar-refractivity contribution in [1.29, 1.82) is 0 Å². The average molecular weight is 747 g/mol. The second-order valence-corrected chi connectivity index (χ2v) is 15.0. The number of benzene rings is 5. The van der Waals surface area contributed by atoms with Crippen LogP contribution in [0.4, 0.5) is 15.8 Å². The van der Waals surface area contributed by atoms with Crippen molar-refractivity contribution in [2.24, 2.45) is 23.7 Å². The molecule has 0 radical (unpaired) electrons. The van der Waals surface area contributed by atoms with E-state index in [0.717, 1.165) is 10.6 Å². The smallest absolute Gasteiger partial charge is 0.260 e. The standard InChI is InChI=1S/C42H30Cl2FN3O5/c43-23-7-5-22(6-8-23)42-34(39(51)48(41(42)53)46-26-13-11-25(45)12-14-26)21-33-31(37(42)30-19-20-35(49)29-4-2-1-3-28(29)30)17-18-32-36(33)40(52)47(38(32)50)27-15-9-24(44)10-16-27/h1-17,19-20,32-34,36-37,46,49H,18,21H2/t32-,33+,34-,36-,37-,42+/m0/s1. The quantitative estimate of drug-likeness (QED) is 0.139. The summed E-state index contributed by atoms with van der Waals surface area (Å²) in [6, 6.07) is 29.4. The fourth-order valence-corrected chi connectivity index (χ4v) is 9.65. The number of rotatable bonds is 5. The lowest BCUT2D eigenvalue weighted by molar-refractivity contribution is -0.138. The van der Waals surface area contributed by atoms with Gasteiger partial charge in [0, 0.05) is 21.3 Å². The van der Waals surface area contributed by atoms with Crippen LogP contribution in [-0.2, 0) is 24.6 Å². The van der Waals surface area contributed by atoms with Crippen LogP contribution in [0.2, 0.25) is 10.0 Å². The first-order valence-corrected chi connectivity index (χ1v) is 18.1. The Balaban J connectivity index is 1.28. The molecule has 2 aliphatic heterocycles. The van der Waals surface area contributed by atoms with Crippen LogP contribution in [-0.4, -0.2) is 33.7 Å². The summed E-state index contributed by atoms with van der Waals surface area (Å²) >= 11 is 12.5. The summed E-state index contributed by atoms with van der Waals surface area (Å²) in [5.41, 5.74) is 4.17. The van der Waals surface area contributed by atoms with Crippen molar-refractivity contribution in [2.45, 2.75) is 24.2 Å². The van der Waals surface area contributed by atoms with E-state index < -0.39 is 52.6 Å². The summed E-state index contributed by atoms with van der Waals surface area (Å²) in [6.07, 6.45) is 2.33. The number of anilines is 2. The van der Waals surface area contributed by atoms with Crippen LogP contribution in [0.3, 0.4) is 0 Å². The molecule has 5 aromatic carbocycles. The fraction of sp³-hybridized carbons (Fsp3) is 0.190. The number of phenols is 1. The number of nitrogens with one attached hydrogen (secondary N) is 1. The molecule has 8 nitrogen and oxygen atoms in total. The number of phenolic OH excluding ortho intramolecular Hbond substituents is 1. The summed E-state index contributed by atoms with van der Waals surface area (Å²) in [6.45, 7) is 0. The molecule has 2 N–H and O–H groups in total. The highest BCUT2D eigenvalue weighted by molar-refractivity contribution is 6.31. The maximum atomic E-state index is 15.4. The Morgan fingerprint density at radius 3 is 2.09 bits per heavy atom. The molecule has 2 saturated heterocycles. The highest BCUT2D eigenvalue weighted by Gasteiger charge is 2.70. The maximum absolute atomic E-state index is 15.4. The van der Waals surface area contributed by atoms with E-state index in [4.69, 9.17) is 23.2 Å². The molecule has 1 saturated carbocycles. The van der Waals surface area contributed by atoms with E-state index in [1.807, 2.05) is 24.3 Å². The van der Waals surface area contributed by atoms with E-state index in [2.05, 4.69) is 5.43 Å². The van der Waals surface area contributed by atoms with E-state index in [1.165, 1.54) is 29.2 Å². The lowest BCUT2D eigenvalue weighted by Crippen LogP contribution is -2.53. The molecule has 4 aliphatic rings. The lowest BCUT2D eigenvalue weighted by atomic mass is 9.49. The first-order valence-electron chi connectivity index (χ1n) is 17.3. The van der Waals surface area contributed by atoms with Gasteiger partial charge in [-0.15, -0.1) is 0 Å². The third kappa shape index (κ3) is 4.87. The molecule has 0 bridgehead atoms. The Kier molecular flexibility index (Phi) is 7.73. The number of halogens is 3. The van der Waals surface area contributed by atoms with E-state index in [9.17, 15) is 23.9 Å². The van der Waals surface area contributed by atoms with Gasteiger partial charge in [-0.05, 0) is 102 Å². The van der Waals surface area contributed by atoms with Gasteiger partial charge in [-0.25, -0.2) is 4.39 Å². The topological polar surface area (TPSA) is 107 Å². The van der Waals surface area contributed by atoms with E-state index in [1.54, 1.807) is 66.7 Å². The number of amides is 4. The van der Waals surface area contributed by atoms with Gasteiger partial charge < -0.3 is 5.11 Å². The number of allylic oxidation sites excluding steroid dienone is 2. The van der Waals surface area contributed by atoms with E-state index in [-0.39, 0.29) is 30.4 Å². The van der Waals surface area contributed by atoms with E-state index >= 15 is 4.79 Å². The second kappa shape index (κ2) is 12.3. The fourth-order valence-electron chi connectivity index (χ4n) is 9.40. The minimum atomic E-state index is -1.55. The third-order valence-corrected chi connectivity index (χ3v) is 12.1. The maximum Gasteiger partial charge on any atom is 0.260 e. The summed E-state index contributed by atoms with van der Waals surface area (Å²) in [5, 5.41) is 14.2.